The maximum Gasteiger partial charge on any atom is 0.417 e. The zero-order chi connectivity index (χ0) is 14.9. The van der Waals surface area contributed by atoms with Gasteiger partial charge in [0.2, 0.25) is 0 Å². The molecule has 0 aliphatic heterocycles. The first-order chi connectivity index (χ1) is 9.32. The summed E-state index contributed by atoms with van der Waals surface area (Å²) >= 11 is 11.5. The number of aromatic nitrogens is 1. The van der Waals surface area contributed by atoms with Crippen LogP contribution < -0.4 is 0 Å². The molecule has 1 aromatic carbocycles. The Morgan fingerprint density at radius 1 is 1.15 bits per heavy atom. The molecule has 0 saturated heterocycles. The van der Waals surface area contributed by atoms with E-state index < -0.39 is 22.5 Å². The Labute approximate surface area is 122 Å². The predicted octanol–water partition coefficient (Wildman–Crippen LogP) is 4.95. The van der Waals surface area contributed by atoms with Crippen LogP contribution in [0.15, 0.2) is 30.3 Å². The molecule has 0 atom stereocenters. The predicted molar refractivity (Wildman–Crippen MR) is 69.4 cm³/mol. The van der Waals surface area contributed by atoms with Gasteiger partial charge in [0.1, 0.15) is 16.8 Å². The van der Waals surface area contributed by atoms with Crippen molar-refractivity contribution in [2.75, 3.05) is 0 Å². The van der Waals surface area contributed by atoms with Gasteiger partial charge in [-0.3, -0.25) is 0 Å². The van der Waals surface area contributed by atoms with Crippen LogP contribution in [-0.4, -0.2) is 4.98 Å². The lowest BCUT2D eigenvalue weighted by atomic mass is 10.1. The number of nitrogens with zero attached hydrogens (tertiary/aromatic N) is 2. The first kappa shape index (κ1) is 14.6. The molecule has 2 nitrogen and oxygen atoms in total. The second-order valence-electron chi connectivity index (χ2n) is 3.84. The fourth-order valence-corrected chi connectivity index (χ4v) is 2.06. The minimum atomic E-state index is -4.69. The number of rotatable bonds is 1. The van der Waals surface area contributed by atoms with E-state index in [9.17, 15) is 13.2 Å². The van der Waals surface area contributed by atoms with E-state index in [1.807, 2.05) is 0 Å². The van der Waals surface area contributed by atoms with Crippen LogP contribution >= 0.6 is 23.2 Å². The average Bonchev–Trinajstić information content (AvgIpc) is 2.36. The lowest BCUT2D eigenvalue weighted by molar-refractivity contribution is -0.137. The summed E-state index contributed by atoms with van der Waals surface area (Å²) in [5.74, 6) is 0. The third-order valence-corrected chi connectivity index (χ3v) is 3.02. The second-order valence-corrected chi connectivity index (χ2v) is 4.64. The highest BCUT2D eigenvalue weighted by Gasteiger charge is 2.35. The highest BCUT2D eigenvalue weighted by Crippen LogP contribution is 2.36. The van der Waals surface area contributed by atoms with E-state index >= 15 is 0 Å². The zero-order valence-corrected chi connectivity index (χ0v) is 11.2. The fourth-order valence-electron chi connectivity index (χ4n) is 1.64. The summed E-state index contributed by atoms with van der Waals surface area (Å²) in [7, 11) is 0. The summed E-state index contributed by atoms with van der Waals surface area (Å²) in [6, 6.07) is 8.39. The Morgan fingerprint density at radius 2 is 1.85 bits per heavy atom. The Balaban J connectivity index is 2.69. The van der Waals surface area contributed by atoms with Crippen molar-refractivity contribution in [2.45, 2.75) is 6.18 Å². The standard InChI is InChI=1S/C13H5Cl2F3N2/c14-8-3-1-2-7(4-8)11-5-10(13(16,17)18)9(6-19)12(15)20-11/h1-5H. The molecular formula is C13H5Cl2F3N2. The number of benzene rings is 1. The van der Waals surface area contributed by atoms with E-state index in [1.54, 1.807) is 18.2 Å². The molecule has 0 N–H and O–H groups in total. The topological polar surface area (TPSA) is 36.7 Å². The van der Waals surface area contributed by atoms with E-state index in [-0.39, 0.29) is 5.69 Å². The van der Waals surface area contributed by atoms with Crippen molar-refractivity contribution in [3.63, 3.8) is 0 Å². The summed E-state index contributed by atoms with van der Waals surface area (Å²) in [5, 5.41) is 8.64. The normalized spacial score (nSPS) is 11.2. The molecule has 0 unspecified atom stereocenters. The second kappa shape index (κ2) is 5.31. The van der Waals surface area contributed by atoms with E-state index in [2.05, 4.69) is 4.98 Å². The molecule has 7 heteroatoms. The van der Waals surface area contributed by atoms with Crippen LogP contribution in [0, 0.1) is 11.3 Å². The van der Waals surface area contributed by atoms with Crippen LogP contribution in [0.2, 0.25) is 10.2 Å². The highest BCUT2D eigenvalue weighted by molar-refractivity contribution is 6.31. The van der Waals surface area contributed by atoms with Crippen molar-refractivity contribution in [2.24, 2.45) is 0 Å². The molecule has 0 fully saturated rings. The largest absolute Gasteiger partial charge is 0.417 e. The van der Waals surface area contributed by atoms with Gasteiger partial charge in [-0.05, 0) is 18.2 Å². The van der Waals surface area contributed by atoms with Crippen LogP contribution in [0.1, 0.15) is 11.1 Å². The van der Waals surface area contributed by atoms with Gasteiger partial charge in [0.05, 0.1) is 11.3 Å². The number of pyridine rings is 1. The Bertz CT molecular complexity index is 706. The number of hydrogen-bond acceptors (Lipinski definition) is 2. The molecular weight excluding hydrogens is 312 g/mol. The zero-order valence-electron chi connectivity index (χ0n) is 9.67. The van der Waals surface area contributed by atoms with Gasteiger partial charge in [-0.1, -0.05) is 35.3 Å². The lowest BCUT2D eigenvalue weighted by Gasteiger charge is -2.12. The molecule has 0 saturated carbocycles. The van der Waals surface area contributed by atoms with Gasteiger partial charge in [-0.2, -0.15) is 18.4 Å². The van der Waals surface area contributed by atoms with Crippen molar-refractivity contribution < 1.29 is 13.2 Å². The molecule has 0 bridgehead atoms. The van der Waals surface area contributed by atoms with Gasteiger partial charge < -0.3 is 0 Å². The van der Waals surface area contributed by atoms with Gasteiger partial charge >= 0.3 is 6.18 Å². The summed E-state index contributed by atoms with van der Waals surface area (Å²) < 4.78 is 38.8. The summed E-state index contributed by atoms with van der Waals surface area (Å²) in [5.41, 5.74) is -1.42. The van der Waals surface area contributed by atoms with Crippen molar-refractivity contribution in [3.05, 3.63) is 51.6 Å². The third kappa shape index (κ3) is 2.87. The Hall–Kier alpha value is -1.77. The van der Waals surface area contributed by atoms with E-state index in [4.69, 9.17) is 28.5 Å². The van der Waals surface area contributed by atoms with Gasteiger partial charge in [-0.25, -0.2) is 4.98 Å². The van der Waals surface area contributed by atoms with E-state index in [0.29, 0.717) is 10.6 Å². The monoisotopic (exact) mass is 316 g/mol. The molecule has 2 aromatic rings. The number of nitriles is 1. The molecule has 2 rings (SSSR count). The maximum atomic E-state index is 12.9. The first-order valence-corrected chi connectivity index (χ1v) is 6.02. The van der Waals surface area contributed by atoms with Crippen molar-refractivity contribution in [3.8, 4) is 17.3 Å². The van der Waals surface area contributed by atoms with Gasteiger partial charge in [0.15, 0.2) is 0 Å². The van der Waals surface area contributed by atoms with E-state index in [0.717, 1.165) is 6.07 Å². The number of halogens is 5. The SMILES string of the molecule is N#Cc1c(C(F)(F)F)cc(-c2cccc(Cl)c2)nc1Cl. The Kier molecular flexibility index (Phi) is 3.89. The summed E-state index contributed by atoms with van der Waals surface area (Å²) in [6.45, 7) is 0. The van der Waals surface area contributed by atoms with Gasteiger partial charge in [0.25, 0.3) is 0 Å². The molecule has 1 heterocycles. The average molecular weight is 317 g/mol. The van der Waals surface area contributed by atoms with Crippen molar-refractivity contribution >= 4 is 23.2 Å². The molecule has 0 aliphatic carbocycles. The quantitative estimate of drug-likeness (QED) is 0.698. The fraction of sp³-hybridized carbons (Fsp3) is 0.0769. The maximum absolute atomic E-state index is 12.9. The molecule has 20 heavy (non-hydrogen) atoms. The third-order valence-electron chi connectivity index (χ3n) is 2.51. The van der Waals surface area contributed by atoms with Crippen LogP contribution in [0.5, 0.6) is 0 Å². The molecule has 1 aromatic heterocycles. The lowest BCUT2D eigenvalue weighted by Crippen LogP contribution is -2.09. The molecule has 0 spiro atoms. The van der Waals surface area contributed by atoms with Crippen LogP contribution in [0.4, 0.5) is 13.2 Å². The first-order valence-electron chi connectivity index (χ1n) is 5.26. The Morgan fingerprint density at radius 3 is 2.40 bits per heavy atom. The van der Waals surface area contributed by atoms with Crippen molar-refractivity contribution in [1.82, 2.24) is 4.98 Å². The van der Waals surface area contributed by atoms with Gasteiger partial charge in [-0.15, -0.1) is 0 Å². The number of hydrogen-bond donors (Lipinski definition) is 0. The minimum absolute atomic E-state index is 0.00354. The minimum Gasteiger partial charge on any atom is -0.235 e. The van der Waals surface area contributed by atoms with Crippen LogP contribution in [-0.2, 0) is 6.18 Å². The summed E-state index contributed by atoms with van der Waals surface area (Å²) in [6.07, 6.45) is -4.69. The summed E-state index contributed by atoms with van der Waals surface area (Å²) in [4.78, 5) is 3.81. The molecule has 0 amide bonds. The van der Waals surface area contributed by atoms with Crippen LogP contribution in [0.3, 0.4) is 0 Å². The molecule has 0 aliphatic rings. The number of alkyl halides is 3. The smallest absolute Gasteiger partial charge is 0.235 e. The molecule has 102 valence electrons. The molecule has 0 radical (unpaired) electrons. The van der Waals surface area contributed by atoms with Crippen LogP contribution in [0.25, 0.3) is 11.3 Å². The van der Waals surface area contributed by atoms with Crippen molar-refractivity contribution in [1.29, 1.82) is 5.26 Å². The van der Waals surface area contributed by atoms with Gasteiger partial charge in [0, 0.05) is 10.6 Å². The highest BCUT2D eigenvalue weighted by atomic mass is 35.5. The van der Waals surface area contributed by atoms with E-state index in [1.165, 1.54) is 12.1 Å².